The molecule has 4 nitrogen and oxygen atoms in total. The zero-order valence-electron chi connectivity index (χ0n) is 9.98. The Hall–Kier alpha value is -1.46. The number of carbonyl (C=O) groups excluding carboxylic acids is 1. The van der Waals surface area contributed by atoms with Gasteiger partial charge < -0.3 is 0 Å². The second-order valence-electron chi connectivity index (χ2n) is 3.87. The third-order valence-corrected chi connectivity index (χ3v) is 3.86. The predicted molar refractivity (Wildman–Crippen MR) is 73.1 cm³/mol. The molecule has 94 valence electrons. The molecule has 0 aliphatic heterocycles. The minimum atomic E-state index is -0.272. The number of aryl methyl sites for hydroxylation is 1. The summed E-state index contributed by atoms with van der Waals surface area (Å²) < 4.78 is 0.677. The Morgan fingerprint density at radius 2 is 2.22 bits per heavy atom. The first-order valence-corrected chi connectivity index (χ1v) is 6.61. The van der Waals surface area contributed by atoms with Crippen LogP contribution in [0.3, 0.4) is 0 Å². The molecular formula is C12H12ClN3OS. The van der Waals surface area contributed by atoms with Gasteiger partial charge in [-0.1, -0.05) is 11.6 Å². The first-order chi connectivity index (χ1) is 8.56. The van der Waals surface area contributed by atoms with Crippen molar-refractivity contribution in [3.63, 3.8) is 0 Å². The average molecular weight is 282 g/mol. The number of amides is 1. The quantitative estimate of drug-likeness (QED) is 0.940. The van der Waals surface area contributed by atoms with Gasteiger partial charge in [-0.2, -0.15) is 0 Å². The van der Waals surface area contributed by atoms with Crippen molar-refractivity contribution in [2.45, 2.75) is 19.8 Å². The normalized spacial score (nSPS) is 12.2. The van der Waals surface area contributed by atoms with E-state index in [1.165, 1.54) is 11.3 Å². The van der Waals surface area contributed by atoms with E-state index in [1.54, 1.807) is 18.3 Å². The van der Waals surface area contributed by atoms with E-state index < -0.39 is 0 Å². The van der Waals surface area contributed by atoms with Crippen molar-refractivity contribution in [3.8, 4) is 0 Å². The first-order valence-electron chi connectivity index (χ1n) is 5.42. The third kappa shape index (κ3) is 3.05. The maximum absolute atomic E-state index is 12.0. The molecule has 2 aromatic heterocycles. The highest BCUT2D eigenvalue weighted by atomic mass is 35.5. The Labute approximate surface area is 114 Å². The third-order valence-electron chi connectivity index (χ3n) is 2.44. The number of hydrogen-bond acceptors (Lipinski definition) is 4. The molecule has 0 aliphatic rings. The molecule has 0 aliphatic carbocycles. The summed E-state index contributed by atoms with van der Waals surface area (Å²) in [4.78, 5) is 21.1. The molecule has 0 fully saturated rings. The van der Waals surface area contributed by atoms with Gasteiger partial charge in [0.2, 0.25) is 11.9 Å². The molecule has 1 amide bonds. The molecule has 0 bridgehead atoms. The maximum atomic E-state index is 12.0. The molecule has 2 rings (SSSR count). The van der Waals surface area contributed by atoms with Gasteiger partial charge in [-0.3, -0.25) is 10.1 Å². The molecule has 0 radical (unpaired) electrons. The molecule has 0 saturated carbocycles. The van der Waals surface area contributed by atoms with Gasteiger partial charge in [-0.15, -0.1) is 11.3 Å². The first kappa shape index (κ1) is 13.0. The van der Waals surface area contributed by atoms with E-state index in [0.717, 1.165) is 10.6 Å². The molecular weight excluding hydrogens is 270 g/mol. The van der Waals surface area contributed by atoms with E-state index in [-0.39, 0.29) is 11.8 Å². The van der Waals surface area contributed by atoms with Crippen LogP contribution in [0.4, 0.5) is 5.95 Å². The number of nitrogens with zero attached hydrogens (tertiary/aromatic N) is 2. The molecule has 1 N–H and O–H groups in total. The highest BCUT2D eigenvalue weighted by Crippen LogP contribution is 2.28. The largest absolute Gasteiger partial charge is 0.294 e. The summed E-state index contributed by atoms with van der Waals surface area (Å²) in [6.45, 7) is 3.67. The van der Waals surface area contributed by atoms with Crippen LogP contribution in [-0.4, -0.2) is 15.9 Å². The summed E-state index contributed by atoms with van der Waals surface area (Å²) in [5.74, 6) is -0.0831. The fourth-order valence-corrected chi connectivity index (χ4v) is 2.53. The number of nitrogens with one attached hydrogen (secondary N) is 1. The topological polar surface area (TPSA) is 54.9 Å². The van der Waals surface area contributed by atoms with Crippen LogP contribution in [0.5, 0.6) is 0 Å². The van der Waals surface area contributed by atoms with Crippen molar-refractivity contribution in [3.05, 3.63) is 39.3 Å². The van der Waals surface area contributed by atoms with Crippen LogP contribution in [0.15, 0.2) is 24.4 Å². The van der Waals surface area contributed by atoms with E-state index in [1.807, 2.05) is 19.9 Å². The van der Waals surface area contributed by atoms with Crippen LogP contribution in [0, 0.1) is 6.92 Å². The van der Waals surface area contributed by atoms with Gasteiger partial charge in [0.1, 0.15) is 0 Å². The van der Waals surface area contributed by atoms with Crippen molar-refractivity contribution in [2.24, 2.45) is 0 Å². The fourth-order valence-electron chi connectivity index (χ4n) is 1.42. The average Bonchev–Trinajstić information content (AvgIpc) is 2.75. The molecule has 0 spiro atoms. The molecule has 6 heteroatoms. The van der Waals surface area contributed by atoms with E-state index >= 15 is 0 Å². The SMILES string of the molecule is Cc1ccnc(NC(=O)[C@@H](C)c2ccc(Cl)s2)n1. The lowest BCUT2D eigenvalue weighted by atomic mass is 10.1. The van der Waals surface area contributed by atoms with E-state index in [2.05, 4.69) is 15.3 Å². The fraction of sp³-hybridized carbons (Fsp3) is 0.250. The second kappa shape index (κ2) is 5.46. The number of anilines is 1. The monoisotopic (exact) mass is 281 g/mol. The van der Waals surface area contributed by atoms with E-state index in [9.17, 15) is 4.79 Å². The molecule has 1 atom stereocenters. The van der Waals surface area contributed by atoms with Crippen LogP contribution >= 0.6 is 22.9 Å². The van der Waals surface area contributed by atoms with Gasteiger partial charge >= 0.3 is 0 Å². The smallest absolute Gasteiger partial charge is 0.234 e. The Morgan fingerprint density at radius 1 is 1.44 bits per heavy atom. The van der Waals surface area contributed by atoms with Gasteiger partial charge in [0.15, 0.2) is 0 Å². The molecule has 0 unspecified atom stereocenters. The standard InChI is InChI=1S/C12H12ClN3OS/c1-7-5-6-14-12(15-7)16-11(17)8(2)9-3-4-10(13)18-9/h3-6,8H,1-2H3,(H,14,15,16,17)/t8-/m0/s1. The van der Waals surface area contributed by atoms with Crippen molar-refractivity contribution in [1.82, 2.24) is 9.97 Å². The van der Waals surface area contributed by atoms with Crippen LogP contribution in [0.1, 0.15) is 23.4 Å². The van der Waals surface area contributed by atoms with Crippen molar-refractivity contribution in [2.75, 3.05) is 5.32 Å². The van der Waals surface area contributed by atoms with Crippen LogP contribution in [-0.2, 0) is 4.79 Å². The van der Waals surface area contributed by atoms with Crippen LogP contribution < -0.4 is 5.32 Å². The summed E-state index contributed by atoms with van der Waals surface area (Å²) in [5, 5.41) is 2.69. The molecule has 2 heterocycles. The van der Waals surface area contributed by atoms with Gasteiger partial charge in [-0.05, 0) is 32.0 Å². The highest BCUT2D eigenvalue weighted by Gasteiger charge is 2.18. The molecule has 2 aromatic rings. The molecule has 0 saturated heterocycles. The minimum absolute atomic E-state index is 0.140. The van der Waals surface area contributed by atoms with Gasteiger partial charge in [0.05, 0.1) is 10.3 Å². The lowest BCUT2D eigenvalue weighted by Crippen LogP contribution is -2.19. The summed E-state index contributed by atoms with van der Waals surface area (Å²) >= 11 is 7.25. The Balaban J connectivity index is 2.08. The van der Waals surface area contributed by atoms with Crippen LogP contribution in [0.2, 0.25) is 4.34 Å². The van der Waals surface area contributed by atoms with Gasteiger partial charge in [0.25, 0.3) is 0 Å². The van der Waals surface area contributed by atoms with Gasteiger partial charge in [-0.25, -0.2) is 9.97 Å². The Kier molecular flexibility index (Phi) is 3.93. The predicted octanol–water partition coefficient (Wildman–Crippen LogP) is 3.24. The summed E-state index contributed by atoms with van der Waals surface area (Å²) in [6.07, 6.45) is 1.62. The van der Waals surface area contributed by atoms with Crippen LogP contribution in [0.25, 0.3) is 0 Å². The summed E-state index contributed by atoms with van der Waals surface area (Å²) in [5.41, 5.74) is 0.812. The van der Waals surface area contributed by atoms with Gasteiger partial charge in [0, 0.05) is 16.8 Å². The Bertz CT molecular complexity index is 570. The summed E-state index contributed by atoms with van der Waals surface area (Å²) in [7, 11) is 0. The van der Waals surface area contributed by atoms with E-state index in [0.29, 0.717) is 10.3 Å². The van der Waals surface area contributed by atoms with E-state index in [4.69, 9.17) is 11.6 Å². The zero-order valence-corrected chi connectivity index (χ0v) is 11.5. The lowest BCUT2D eigenvalue weighted by molar-refractivity contribution is -0.117. The highest BCUT2D eigenvalue weighted by molar-refractivity contribution is 7.16. The lowest BCUT2D eigenvalue weighted by Gasteiger charge is -2.09. The zero-order chi connectivity index (χ0) is 13.1. The number of hydrogen-bond donors (Lipinski definition) is 1. The number of carbonyl (C=O) groups is 1. The minimum Gasteiger partial charge on any atom is -0.294 e. The Morgan fingerprint density at radius 3 is 2.83 bits per heavy atom. The number of halogens is 1. The molecule has 18 heavy (non-hydrogen) atoms. The second-order valence-corrected chi connectivity index (χ2v) is 5.62. The summed E-state index contributed by atoms with van der Waals surface area (Å²) in [6, 6.07) is 5.42. The van der Waals surface area contributed by atoms with Crippen molar-refractivity contribution >= 4 is 34.8 Å². The van der Waals surface area contributed by atoms with Crippen molar-refractivity contribution in [1.29, 1.82) is 0 Å². The number of rotatable bonds is 3. The van der Waals surface area contributed by atoms with Crippen molar-refractivity contribution < 1.29 is 4.79 Å². The number of thiophene rings is 1. The maximum Gasteiger partial charge on any atom is 0.234 e. The molecule has 0 aromatic carbocycles. The number of aromatic nitrogens is 2.